The predicted octanol–water partition coefficient (Wildman–Crippen LogP) is 0.0520. The van der Waals surface area contributed by atoms with E-state index in [2.05, 4.69) is 0 Å². The number of nitrogens with zero attached hydrogens (tertiary/aromatic N) is 1. The minimum absolute atomic E-state index is 0.0648. The molecule has 3 nitrogen and oxygen atoms in total. The highest BCUT2D eigenvalue weighted by molar-refractivity contribution is 4.91. The van der Waals surface area contributed by atoms with Crippen LogP contribution in [-0.4, -0.2) is 18.3 Å². The Morgan fingerprint density at radius 3 is 2.88 bits per heavy atom. The zero-order valence-electron chi connectivity index (χ0n) is 4.87. The molecule has 0 aromatic carbocycles. The normalized spacial score (nSPS) is 27.2. The zero-order valence-corrected chi connectivity index (χ0v) is 4.87. The van der Waals surface area contributed by atoms with Crippen LogP contribution in [0, 0.1) is 0 Å². The molecule has 1 rings (SSSR count). The Labute approximate surface area is 48.7 Å². The summed E-state index contributed by atoms with van der Waals surface area (Å²) in [5, 5.41) is 1.56. The van der Waals surface area contributed by atoms with Crippen molar-refractivity contribution in [3.8, 4) is 0 Å². The molecule has 3 heteroatoms. The SMILES string of the molecule is CO[C@@H]1CC=CN1N. The first-order valence-corrected chi connectivity index (χ1v) is 2.57. The molecule has 0 bridgehead atoms. The molecule has 0 radical (unpaired) electrons. The first kappa shape index (κ1) is 5.59. The van der Waals surface area contributed by atoms with E-state index < -0.39 is 0 Å². The number of hydrogen-bond acceptors (Lipinski definition) is 3. The molecule has 0 amide bonds. The van der Waals surface area contributed by atoms with Crippen LogP contribution in [0.4, 0.5) is 0 Å². The van der Waals surface area contributed by atoms with Crippen LogP contribution in [0.25, 0.3) is 0 Å². The molecule has 0 saturated heterocycles. The van der Waals surface area contributed by atoms with Gasteiger partial charge in [-0.25, -0.2) is 5.84 Å². The Morgan fingerprint density at radius 1 is 1.88 bits per heavy atom. The molecular weight excluding hydrogens is 104 g/mol. The highest BCUT2D eigenvalue weighted by atomic mass is 16.5. The fourth-order valence-corrected chi connectivity index (χ4v) is 0.735. The Bertz CT molecular complexity index is 103. The molecule has 8 heavy (non-hydrogen) atoms. The summed E-state index contributed by atoms with van der Waals surface area (Å²) in [6.07, 6.45) is 4.75. The number of nitrogens with two attached hydrogens (primary N) is 1. The monoisotopic (exact) mass is 114 g/mol. The highest BCUT2D eigenvalue weighted by Crippen LogP contribution is 2.08. The van der Waals surface area contributed by atoms with Crippen LogP contribution >= 0.6 is 0 Å². The second kappa shape index (κ2) is 2.15. The van der Waals surface area contributed by atoms with E-state index in [9.17, 15) is 0 Å². The van der Waals surface area contributed by atoms with Crippen molar-refractivity contribution in [3.05, 3.63) is 12.3 Å². The van der Waals surface area contributed by atoms with E-state index in [4.69, 9.17) is 10.6 Å². The van der Waals surface area contributed by atoms with Gasteiger partial charge in [-0.3, -0.25) is 5.01 Å². The van der Waals surface area contributed by atoms with Crippen LogP contribution in [0.15, 0.2) is 12.3 Å². The van der Waals surface area contributed by atoms with Gasteiger partial charge in [-0.05, 0) is 0 Å². The molecule has 0 unspecified atom stereocenters. The molecule has 2 N–H and O–H groups in total. The van der Waals surface area contributed by atoms with Crippen molar-refractivity contribution in [1.29, 1.82) is 0 Å². The van der Waals surface area contributed by atoms with Crippen molar-refractivity contribution >= 4 is 0 Å². The average molecular weight is 114 g/mol. The average Bonchev–Trinajstić information content (AvgIpc) is 2.14. The Morgan fingerprint density at radius 2 is 2.62 bits per heavy atom. The van der Waals surface area contributed by atoms with Crippen LogP contribution in [0.2, 0.25) is 0 Å². The third kappa shape index (κ3) is 0.827. The van der Waals surface area contributed by atoms with E-state index >= 15 is 0 Å². The molecule has 46 valence electrons. The molecule has 0 saturated carbocycles. The topological polar surface area (TPSA) is 38.5 Å². The lowest BCUT2D eigenvalue weighted by molar-refractivity contribution is 0.00785. The smallest absolute Gasteiger partial charge is 0.146 e. The molecule has 1 heterocycles. The van der Waals surface area contributed by atoms with E-state index in [0.717, 1.165) is 6.42 Å². The van der Waals surface area contributed by atoms with Gasteiger partial charge in [0.25, 0.3) is 0 Å². The van der Waals surface area contributed by atoms with Gasteiger partial charge in [0.15, 0.2) is 0 Å². The van der Waals surface area contributed by atoms with Gasteiger partial charge < -0.3 is 4.74 Å². The largest absolute Gasteiger partial charge is 0.360 e. The summed E-state index contributed by atoms with van der Waals surface area (Å²) in [6, 6.07) is 0. The highest BCUT2D eigenvalue weighted by Gasteiger charge is 2.13. The van der Waals surface area contributed by atoms with Gasteiger partial charge >= 0.3 is 0 Å². The minimum atomic E-state index is 0.0648. The van der Waals surface area contributed by atoms with Gasteiger partial charge in [-0.1, -0.05) is 6.08 Å². The van der Waals surface area contributed by atoms with Crippen molar-refractivity contribution in [3.63, 3.8) is 0 Å². The van der Waals surface area contributed by atoms with Gasteiger partial charge in [0, 0.05) is 19.7 Å². The van der Waals surface area contributed by atoms with Crippen molar-refractivity contribution in [2.75, 3.05) is 7.11 Å². The first-order valence-electron chi connectivity index (χ1n) is 2.57. The van der Waals surface area contributed by atoms with E-state index in [-0.39, 0.29) is 6.23 Å². The van der Waals surface area contributed by atoms with Crippen molar-refractivity contribution in [2.45, 2.75) is 12.6 Å². The maximum absolute atomic E-state index is 5.41. The summed E-state index contributed by atoms with van der Waals surface area (Å²) in [6.45, 7) is 0. The Balaban J connectivity index is 2.38. The van der Waals surface area contributed by atoms with Crippen LogP contribution in [0.3, 0.4) is 0 Å². The van der Waals surface area contributed by atoms with Crippen molar-refractivity contribution < 1.29 is 4.74 Å². The summed E-state index contributed by atoms with van der Waals surface area (Å²) < 4.78 is 4.96. The third-order valence-electron chi connectivity index (χ3n) is 1.22. The predicted molar refractivity (Wildman–Crippen MR) is 30.6 cm³/mol. The van der Waals surface area contributed by atoms with Gasteiger partial charge in [-0.15, -0.1) is 0 Å². The molecule has 0 spiro atoms. The summed E-state index contributed by atoms with van der Waals surface area (Å²) in [4.78, 5) is 0. The van der Waals surface area contributed by atoms with E-state index in [0.29, 0.717) is 0 Å². The third-order valence-corrected chi connectivity index (χ3v) is 1.22. The number of rotatable bonds is 1. The molecule has 1 aliphatic heterocycles. The fourth-order valence-electron chi connectivity index (χ4n) is 0.735. The molecule has 0 aromatic heterocycles. The number of hydrogen-bond donors (Lipinski definition) is 1. The second-order valence-corrected chi connectivity index (χ2v) is 1.76. The minimum Gasteiger partial charge on any atom is -0.360 e. The zero-order chi connectivity index (χ0) is 5.98. The summed E-state index contributed by atoms with van der Waals surface area (Å²) in [7, 11) is 1.65. The Kier molecular flexibility index (Phi) is 1.50. The first-order chi connectivity index (χ1) is 3.84. The maximum atomic E-state index is 5.41. The molecule has 0 aliphatic carbocycles. The summed E-state index contributed by atoms with van der Waals surface area (Å²) in [5.74, 6) is 5.41. The van der Waals surface area contributed by atoms with Gasteiger partial charge in [-0.2, -0.15) is 0 Å². The molecule has 1 atom stereocenters. The summed E-state index contributed by atoms with van der Waals surface area (Å²) in [5.41, 5.74) is 0. The molecule has 0 aromatic rings. The summed E-state index contributed by atoms with van der Waals surface area (Å²) >= 11 is 0. The molecular formula is C5H10N2O. The number of ether oxygens (including phenoxy) is 1. The van der Waals surface area contributed by atoms with Gasteiger partial charge in [0.2, 0.25) is 0 Å². The quantitative estimate of drug-likeness (QED) is 0.489. The lowest BCUT2D eigenvalue weighted by Gasteiger charge is -2.17. The standard InChI is InChI=1S/C5H10N2O/c1-8-5-3-2-4-7(5)6/h2,4-5H,3,6H2,1H3/t5-/m1/s1. The van der Waals surface area contributed by atoms with Crippen LogP contribution in [0.5, 0.6) is 0 Å². The van der Waals surface area contributed by atoms with E-state index in [1.54, 1.807) is 12.1 Å². The second-order valence-electron chi connectivity index (χ2n) is 1.76. The fraction of sp³-hybridized carbons (Fsp3) is 0.600. The lowest BCUT2D eigenvalue weighted by atomic mass is 10.4. The van der Waals surface area contributed by atoms with Crippen molar-refractivity contribution in [2.24, 2.45) is 5.84 Å². The molecule has 1 aliphatic rings. The number of hydrazine groups is 1. The molecule has 0 fully saturated rings. The van der Waals surface area contributed by atoms with Crippen LogP contribution in [0.1, 0.15) is 6.42 Å². The maximum Gasteiger partial charge on any atom is 0.146 e. The Hall–Kier alpha value is -0.540. The number of methoxy groups -OCH3 is 1. The van der Waals surface area contributed by atoms with Crippen molar-refractivity contribution in [1.82, 2.24) is 5.01 Å². The van der Waals surface area contributed by atoms with E-state index in [1.807, 2.05) is 12.3 Å². The van der Waals surface area contributed by atoms with Gasteiger partial charge in [0.05, 0.1) is 0 Å². The van der Waals surface area contributed by atoms with Crippen LogP contribution in [-0.2, 0) is 4.74 Å². The van der Waals surface area contributed by atoms with Gasteiger partial charge in [0.1, 0.15) is 6.23 Å². The van der Waals surface area contributed by atoms with E-state index in [1.165, 1.54) is 0 Å². The van der Waals surface area contributed by atoms with Crippen LogP contribution < -0.4 is 5.84 Å². The lowest BCUT2D eigenvalue weighted by Crippen LogP contribution is -2.33.